The first kappa shape index (κ1) is 27.5. The van der Waals surface area contributed by atoms with Gasteiger partial charge in [0.2, 0.25) is 0 Å². The lowest BCUT2D eigenvalue weighted by Crippen LogP contribution is -2.25. The Balaban J connectivity index is 1.54. The van der Waals surface area contributed by atoms with Crippen LogP contribution in [0.4, 0.5) is 5.69 Å². The smallest absolute Gasteiger partial charge is 0.330 e. The first-order valence-corrected chi connectivity index (χ1v) is 13.4. The molecule has 1 aromatic heterocycles. The number of esters is 1. The van der Waals surface area contributed by atoms with E-state index in [4.69, 9.17) is 9.72 Å². The number of benzene rings is 2. The highest BCUT2D eigenvalue weighted by Crippen LogP contribution is 2.23. The van der Waals surface area contributed by atoms with Gasteiger partial charge in [-0.1, -0.05) is 51.0 Å². The SMILES string of the molecule is CCCCCN(CCC)c1ccc2c(c1)nc(CCNCc1ccc(/C=C/C(=O)OCC)cc1)n2C. The number of anilines is 1. The fourth-order valence-corrected chi connectivity index (χ4v) is 4.39. The molecule has 1 N–H and O–H groups in total. The minimum absolute atomic E-state index is 0.313. The molecule has 3 rings (SSSR count). The molecule has 0 amide bonds. The fourth-order valence-electron chi connectivity index (χ4n) is 4.39. The Labute approximate surface area is 216 Å². The summed E-state index contributed by atoms with van der Waals surface area (Å²) in [5, 5.41) is 3.53. The van der Waals surface area contributed by atoms with Gasteiger partial charge in [0, 0.05) is 51.4 Å². The molecule has 36 heavy (non-hydrogen) atoms. The van der Waals surface area contributed by atoms with Crippen molar-refractivity contribution in [1.29, 1.82) is 0 Å². The lowest BCUT2D eigenvalue weighted by Gasteiger charge is -2.24. The molecule has 0 saturated carbocycles. The van der Waals surface area contributed by atoms with Crippen molar-refractivity contribution >= 4 is 28.8 Å². The normalized spacial score (nSPS) is 11.4. The summed E-state index contributed by atoms with van der Waals surface area (Å²) in [5.41, 5.74) is 5.73. The number of rotatable bonds is 15. The topological polar surface area (TPSA) is 59.4 Å². The van der Waals surface area contributed by atoms with E-state index in [0.29, 0.717) is 6.61 Å². The molecular weight excluding hydrogens is 448 g/mol. The minimum atomic E-state index is -0.313. The maximum absolute atomic E-state index is 11.4. The number of hydrogen-bond acceptors (Lipinski definition) is 5. The molecule has 0 aliphatic carbocycles. The number of aryl methyl sites for hydroxylation is 1. The molecule has 194 valence electrons. The predicted octanol–water partition coefficient (Wildman–Crippen LogP) is 5.89. The highest BCUT2D eigenvalue weighted by atomic mass is 16.5. The zero-order valence-electron chi connectivity index (χ0n) is 22.4. The number of unbranched alkanes of at least 4 members (excludes halogenated alkanes) is 2. The zero-order chi connectivity index (χ0) is 25.8. The van der Waals surface area contributed by atoms with E-state index in [1.807, 2.05) is 12.1 Å². The number of aromatic nitrogens is 2. The monoisotopic (exact) mass is 490 g/mol. The van der Waals surface area contributed by atoms with Gasteiger partial charge in [-0.05, 0) is 55.2 Å². The zero-order valence-corrected chi connectivity index (χ0v) is 22.4. The van der Waals surface area contributed by atoms with Crippen LogP contribution in [0.2, 0.25) is 0 Å². The summed E-state index contributed by atoms with van der Waals surface area (Å²) in [5.74, 6) is 0.786. The average molecular weight is 491 g/mol. The van der Waals surface area contributed by atoms with Crippen molar-refractivity contribution in [1.82, 2.24) is 14.9 Å². The molecule has 0 atom stereocenters. The van der Waals surface area contributed by atoms with Gasteiger partial charge in [-0.2, -0.15) is 0 Å². The standard InChI is InChI=1S/C30H42N4O2/c1-5-8-9-21-34(20-6-2)26-15-16-28-27(22-26)32-29(33(28)4)18-19-31-23-25-12-10-24(11-13-25)14-17-30(35)36-7-3/h10-17,22,31H,5-9,18-21,23H2,1-4H3/b17-14+. The molecule has 3 aromatic rings. The molecule has 0 unspecified atom stereocenters. The van der Waals surface area contributed by atoms with E-state index in [2.05, 4.69) is 66.0 Å². The van der Waals surface area contributed by atoms with Gasteiger partial charge in [0.15, 0.2) is 0 Å². The van der Waals surface area contributed by atoms with Gasteiger partial charge in [-0.15, -0.1) is 0 Å². The summed E-state index contributed by atoms with van der Waals surface area (Å²) in [6.07, 6.45) is 9.02. The second-order valence-electron chi connectivity index (χ2n) is 9.21. The Hall–Kier alpha value is -3.12. The summed E-state index contributed by atoms with van der Waals surface area (Å²) < 4.78 is 7.13. The number of nitrogens with zero attached hydrogens (tertiary/aromatic N) is 3. The Bertz CT molecular complexity index is 1120. The van der Waals surface area contributed by atoms with E-state index >= 15 is 0 Å². The number of fused-ring (bicyclic) bond motifs is 1. The van der Waals surface area contributed by atoms with Crippen molar-refractivity contribution in [2.45, 2.75) is 59.4 Å². The minimum Gasteiger partial charge on any atom is -0.463 e. The molecule has 2 aromatic carbocycles. The quantitative estimate of drug-likeness (QED) is 0.164. The third kappa shape index (κ3) is 7.95. The Kier molecular flexibility index (Phi) is 11.0. The second kappa shape index (κ2) is 14.4. The molecule has 1 heterocycles. The van der Waals surface area contributed by atoms with Crippen molar-refractivity contribution in [2.75, 3.05) is 31.1 Å². The molecular formula is C30H42N4O2. The van der Waals surface area contributed by atoms with Crippen LogP contribution in [0, 0.1) is 0 Å². The first-order valence-electron chi connectivity index (χ1n) is 13.4. The molecule has 0 fully saturated rings. The first-order chi connectivity index (χ1) is 17.5. The van der Waals surface area contributed by atoms with Gasteiger partial charge >= 0.3 is 5.97 Å². The highest BCUT2D eigenvalue weighted by molar-refractivity contribution is 5.87. The number of ether oxygens (including phenoxy) is 1. The maximum Gasteiger partial charge on any atom is 0.330 e. The van der Waals surface area contributed by atoms with Crippen molar-refractivity contribution < 1.29 is 9.53 Å². The van der Waals surface area contributed by atoms with Crippen LogP contribution in [0.3, 0.4) is 0 Å². The highest BCUT2D eigenvalue weighted by Gasteiger charge is 2.11. The van der Waals surface area contributed by atoms with Crippen molar-refractivity contribution in [3.8, 4) is 0 Å². The van der Waals surface area contributed by atoms with Crippen LogP contribution in [0.5, 0.6) is 0 Å². The summed E-state index contributed by atoms with van der Waals surface area (Å²) in [6.45, 7) is 10.5. The summed E-state index contributed by atoms with van der Waals surface area (Å²) >= 11 is 0. The number of hydrogen-bond donors (Lipinski definition) is 1. The average Bonchev–Trinajstić information content (AvgIpc) is 3.20. The third-order valence-corrected chi connectivity index (χ3v) is 6.38. The number of carbonyl (C=O) groups is 1. The van der Waals surface area contributed by atoms with Crippen LogP contribution in [-0.4, -0.2) is 41.8 Å². The van der Waals surface area contributed by atoms with Gasteiger partial charge < -0.3 is 19.5 Å². The van der Waals surface area contributed by atoms with Gasteiger partial charge in [-0.25, -0.2) is 9.78 Å². The largest absolute Gasteiger partial charge is 0.463 e. The number of imidazole rings is 1. The lowest BCUT2D eigenvalue weighted by atomic mass is 10.1. The van der Waals surface area contributed by atoms with Crippen LogP contribution >= 0.6 is 0 Å². The molecule has 0 aliphatic heterocycles. The van der Waals surface area contributed by atoms with E-state index in [1.165, 1.54) is 42.1 Å². The molecule has 0 saturated heterocycles. The van der Waals surface area contributed by atoms with Gasteiger partial charge in [0.1, 0.15) is 5.82 Å². The van der Waals surface area contributed by atoms with Crippen LogP contribution in [0.25, 0.3) is 17.1 Å². The summed E-state index contributed by atoms with van der Waals surface area (Å²) in [7, 11) is 2.11. The van der Waals surface area contributed by atoms with E-state index in [-0.39, 0.29) is 5.97 Å². The molecule has 6 heteroatoms. The van der Waals surface area contributed by atoms with Crippen LogP contribution < -0.4 is 10.2 Å². The Morgan fingerprint density at radius 3 is 2.58 bits per heavy atom. The van der Waals surface area contributed by atoms with E-state index < -0.39 is 0 Å². The summed E-state index contributed by atoms with van der Waals surface area (Å²) in [4.78, 5) is 18.9. The Morgan fingerprint density at radius 1 is 1.06 bits per heavy atom. The van der Waals surface area contributed by atoms with Crippen molar-refractivity contribution in [3.63, 3.8) is 0 Å². The Morgan fingerprint density at radius 2 is 1.86 bits per heavy atom. The fraction of sp³-hybridized carbons (Fsp3) is 0.467. The molecule has 0 radical (unpaired) electrons. The van der Waals surface area contributed by atoms with E-state index in [0.717, 1.165) is 55.9 Å². The van der Waals surface area contributed by atoms with Gasteiger partial charge in [0.25, 0.3) is 0 Å². The molecule has 0 spiro atoms. The van der Waals surface area contributed by atoms with Crippen LogP contribution in [0.15, 0.2) is 48.5 Å². The second-order valence-corrected chi connectivity index (χ2v) is 9.21. The van der Waals surface area contributed by atoms with E-state index in [9.17, 15) is 4.79 Å². The van der Waals surface area contributed by atoms with Gasteiger partial charge in [0.05, 0.1) is 17.6 Å². The van der Waals surface area contributed by atoms with Gasteiger partial charge in [-0.3, -0.25) is 0 Å². The lowest BCUT2D eigenvalue weighted by molar-refractivity contribution is -0.137. The van der Waals surface area contributed by atoms with Crippen LogP contribution in [-0.2, 0) is 29.5 Å². The molecule has 6 nitrogen and oxygen atoms in total. The number of carbonyl (C=O) groups excluding carboxylic acids is 1. The van der Waals surface area contributed by atoms with E-state index in [1.54, 1.807) is 13.0 Å². The molecule has 0 bridgehead atoms. The van der Waals surface area contributed by atoms with Crippen molar-refractivity contribution in [2.24, 2.45) is 7.05 Å². The third-order valence-electron chi connectivity index (χ3n) is 6.38. The predicted molar refractivity (Wildman–Crippen MR) is 150 cm³/mol. The van der Waals surface area contributed by atoms with Crippen LogP contribution in [0.1, 0.15) is 63.4 Å². The molecule has 0 aliphatic rings. The summed E-state index contributed by atoms with van der Waals surface area (Å²) in [6, 6.07) is 14.9. The van der Waals surface area contributed by atoms with Crippen molar-refractivity contribution in [3.05, 3.63) is 65.5 Å². The number of nitrogens with one attached hydrogen (secondary N) is 1. The maximum atomic E-state index is 11.4.